The van der Waals surface area contributed by atoms with Gasteiger partial charge in [0, 0.05) is 44.6 Å². The number of likely N-dealkylation sites (tertiary alicyclic amines) is 2. The first kappa shape index (κ1) is 26.3. The molecule has 0 spiro atoms. The molecule has 9 heteroatoms. The van der Waals surface area contributed by atoms with Crippen molar-refractivity contribution in [3.05, 3.63) is 65.7 Å². The Morgan fingerprint density at radius 2 is 1.54 bits per heavy atom. The molecule has 9 nitrogen and oxygen atoms in total. The van der Waals surface area contributed by atoms with Crippen molar-refractivity contribution in [1.29, 1.82) is 0 Å². The second-order valence-electron chi connectivity index (χ2n) is 10.4. The Morgan fingerprint density at radius 3 is 2.16 bits per heavy atom. The standard InChI is InChI=1S/C28H35N3O6/c1-28(2,3)37-27(34)30-15-13-24(14-16-30)36-23-11-9-21(10-12-23)25(32)29-22-17-31(18-22)26(33)35-19-20-7-5-4-6-8-20/h4-12,22,24H,13-19H2,1-3H3,(H,29,32). The van der Waals surface area contributed by atoms with E-state index >= 15 is 0 Å². The van der Waals surface area contributed by atoms with Crippen LogP contribution in [0.2, 0.25) is 0 Å². The summed E-state index contributed by atoms with van der Waals surface area (Å²) in [5.74, 6) is 0.489. The fourth-order valence-corrected chi connectivity index (χ4v) is 4.16. The fourth-order valence-electron chi connectivity index (χ4n) is 4.16. The predicted octanol–water partition coefficient (Wildman–Crippen LogP) is 4.22. The van der Waals surface area contributed by atoms with E-state index in [-0.39, 0.29) is 36.8 Å². The summed E-state index contributed by atoms with van der Waals surface area (Å²) in [5.41, 5.74) is 0.947. The van der Waals surface area contributed by atoms with Crippen LogP contribution in [0.1, 0.15) is 49.5 Å². The largest absolute Gasteiger partial charge is 0.490 e. The highest BCUT2D eigenvalue weighted by Crippen LogP contribution is 2.21. The van der Waals surface area contributed by atoms with Crippen molar-refractivity contribution in [3.8, 4) is 5.75 Å². The molecule has 0 bridgehead atoms. The van der Waals surface area contributed by atoms with Gasteiger partial charge in [0.15, 0.2) is 0 Å². The second-order valence-corrected chi connectivity index (χ2v) is 10.4. The van der Waals surface area contributed by atoms with Gasteiger partial charge >= 0.3 is 12.2 Å². The van der Waals surface area contributed by atoms with Gasteiger partial charge in [-0.05, 0) is 50.6 Å². The smallest absolute Gasteiger partial charge is 0.410 e. The van der Waals surface area contributed by atoms with Crippen molar-refractivity contribution in [2.45, 2.75) is 58.0 Å². The number of ether oxygens (including phenoxy) is 3. The summed E-state index contributed by atoms with van der Waals surface area (Å²) in [7, 11) is 0. The number of rotatable bonds is 6. The molecule has 1 N–H and O–H groups in total. The Morgan fingerprint density at radius 1 is 0.892 bits per heavy atom. The highest BCUT2D eigenvalue weighted by molar-refractivity contribution is 5.94. The molecule has 4 rings (SSSR count). The molecule has 3 amide bonds. The lowest BCUT2D eigenvalue weighted by atomic mass is 10.1. The molecule has 2 aliphatic rings. The van der Waals surface area contributed by atoms with Gasteiger partial charge in [-0.15, -0.1) is 0 Å². The lowest BCUT2D eigenvalue weighted by Gasteiger charge is -2.38. The van der Waals surface area contributed by atoms with Crippen molar-refractivity contribution >= 4 is 18.1 Å². The van der Waals surface area contributed by atoms with Gasteiger partial charge in [-0.3, -0.25) is 4.79 Å². The minimum absolute atomic E-state index is 0.000898. The number of nitrogens with zero attached hydrogens (tertiary/aromatic N) is 2. The molecule has 2 aliphatic heterocycles. The fraction of sp³-hybridized carbons (Fsp3) is 0.464. The average Bonchev–Trinajstić information content (AvgIpc) is 2.85. The molecule has 0 aliphatic carbocycles. The molecule has 37 heavy (non-hydrogen) atoms. The van der Waals surface area contributed by atoms with Crippen LogP contribution in [0.5, 0.6) is 5.75 Å². The topological polar surface area (TPSA) is 97.4 Å². The van der Waals surface area contributed by atoms with Crippen molar-refractivity contribution in [3.63, 3.8) is 0 Å². The third kappa shape index (κ3) is 7.62. The zero-order chi connectivity index (χ0) is 26.4. The molecule has 2 heterocycles. The Hall–Kier alpha value is -3.75. The molecule has 2 aromatic rings. The number of hydrogen-bond donors (Lipinski definition) is 1. The number of nitrogens with one attached hydrogen (secondary N) is 1. The lowest BCUT2D eigenvalue weighted by Crippen LogP contribution is -2.61. The normalized spacial score (nSPS) is 16.5. The van der Waals surface area contributed by atoms with Gasteiger partial charge in [0.05, 0.1) is 6.04 Å². The first-order chi connectivity index (χ1) is 17.7. The van der Waals surface area contributed by atoms with Crippen LogP contribution in [-0.2, 0) is 16.1 Å². The lowest BCUT2D eigenvalue weighted by molar-refractivity contribution is 0.0126. The van der Waals surface area contributed by atoms with Crippen molar-refractivity contribution in [2.24, 2.45) is 0 Å². The zero-order valence-corrected chi connectivity index (χ0v) is 21.6. The summed E-state index contributed by atoms with van der Waals surface area (Å²) < 4.78 is 16.8. The van der Waals surface area contributed by atoms with E-state index in [4.69, 9.17) is 14.2 Å². The highest BCUT2D eigenvalue weighted by atomic mass is 16.6. The molecule has 2 fully saturated rings. The number of benzene rings is 2. The number of hydrogen-bond acceptors (Lipinski definition) is 6. The van der Waals surface area contributed by atoms with Crippen LogP contribution in [-0.4, -0.2) is 71.8 Å². The number of amides is 3. The van der Waals surface area contributed by atoms with Crippen molar-refractivity contribution < 1.29 is 28.6 Å². The van der Waals surface area contributed by atoms with Gasteiger partial charge in [0.1, 0.15) is 24.1 Å². The summed E-state index contributed by atoms with van der Waals surface area (Å²) >= 11 is 0. The third-order valence-corrected chi connectivity index (χ3v) is 6.19. The van der Waals surface area contributed by atoms with Gasteiger partial charge in [-0.1, -0.05) is 30.3 Å². The minimum Gasteiger partial charge on any atom is -0.490 e. The summed E-state index contributed by atoms with van der Waals surface area (Å²) in [6.45, 7) is 7.80. The molecule has 198 valence electrons. The average molecular weight is 510 g/mol. The summed E-state index contributed by atoms with van der Waals surface area (Å²) in [6.07, 6.45) is 0.759. The molecule has 0 saturated carbocycles. The van der Waals surface area contributed by atoms with Gasteiger partial charge < -0.3 is 29.3 Å². The molecule has 0 aromatic heterocycles. The second kappa shape index (κ2) is 11.5. The van der Waals surface area contributed by atoms with E-state index in [9.17, 15) is 14.4 Å². The third-order valence-electron chi connectivity index (χ3n) is 6.19. The minimum atomic E-state index is -0.509. The quantitative estimate of drug-likeness (QED) is 0.626. The highest BCUT2D eigenvalue weighted by Gasteiger charge is 2.33. The number of piperidine rings is 1. The van der Waals surface area contributed by atoms with Crippen LogP contribution in [0, 0.1) is 0 Å². The molecule has 2 aromatic carbocycles. The molecular weight excluding hydrogens is 474 g/mol. The van der Waals surface area contributed by atoms with Gasteiger partial charge in [-0.25, -0.2) is 9.59 Å². The predicted molar refractivity (Wildman–Crippen MR) is 137 cm³/mol. The first-order valence-electron chi connectivity index (χ1n) is 12.7. The summed E-state index contributed by atoms with van der Waals surface area (Å²) in [5, 5.41) is 2.95. The monoisotopic (exact) mass is 509 g/mol. The summed E-state index contributed by atoms with van der Waals surface area (Å²) in [6, 6.07) is 16.4. The summed E-state index contributed by atoms with van der Waals surface area (Å²) in [4.78, 5) is 40.3. The van der Waals surface area contributed by atoms with Gasteiger partial charge in [-0.2, -0.15) is 0 Å². The van der Waals surface area contributed by atoms with Crippen LogP contribution < -0.4 is 10.1 Å². The first-order valence-corrected chi connectivity index (χ1v) is 12.7. The van der Waals surface area contributed by atoms with Gasteiger partial charge in [0.2, 0.25) is 0 Å². The molecule has 0 radical (unpaired) electrons. The Kier molecular flexibility index (Phi) is 8.21. The maximum absolute atomic E-state index is 12.6. The maximum atomic E-state index is 12.6. The van der Waals surface area contributed by atoms with Crippen LogP contribution >= 0.6 is 0 Å². The van der Waals surface area contributed by atoms with E-state index in [1.807, 2.05) is 51.1 Å². The van der Waals surface area contributed by atoms with E-state index < -0.39 is 5.60 Å². The Bertz CT molecular complexity index is 1070. The van der Waals surface area contributed by atoms with Crippen LogP contribution in [0.3, 0.4) is 0 Å². The molecule has 0 unspecified atom stereocenters. The van der Waals surface area contributed by atoms with Crippen LogP contribution in [0.4, 0.5) is 9.59 Å². The Balaban J connectivity index is 1.15. The van der Waals surface area contributed by atoms with Gasteiger partial charge in [0.25, 0.3) is 5.91 Å². The van der Waals surface area contributed by atoms with Crippen molar-refractivity contribution in [2.75, 3.05) is 26.2 Å². The van der Waals surface area contributed by atoms with Crippen LogP contribution in [0.15, 0.2) is 54.6 Å². The molecular formula is C28H35N3O6. The van der Waals surface area contributed by atoms with E-state index in [0.29, 0.717) is 50.3 Å². The Labute approximate surface area is 217 Å². The van der Waals surface area contributed by atoms with E-state index in [1.54, 1.807) is 34.1 Å². The van der Waals surface area contributed by atoms with E-state index in [2.05, 4.69) is 5.32 Å². The molecule has 2 saturated heterocycles. The zero-order valence-electron chi connectivity index (χ0n) is 21.6. The number of carbonyl (C=O) groups is 3. The van der Waals surface area contributed by atoms with Crippen molar-refractivity contribution in [1.82, 2.24) is 15.1 Å². The van der Waals surface area contributed by atoms with Crippen LogP contribution in [0.25, 0.3) is 0 Å². The van der Waals surface area contributed by atoms with E-state index in [1.165, 1.54) is 0 Å². The van der Waals surface area contributed by atoms with E-state index in [0.717, 1.165) is 5.56 Å². The maximum Gasteiger partial charge on any atom is 0.410 e. The molecule has 0 atom stereocenters. The SMILES string of the molecule is CC(C)(C)OC(=O)N1CCC(Oc2ccc(C(=O)NC3CN(C(=O)OCc4ccccc4)C3)cc2)CC1. The number of carbonyl (C=O) groups excluding carboxylic acids is 3.